The Morgan fingerprint density at radius 1 is 0.543 bits per heavy atom. The molecule has 6 unspecified atom stereocenters. The van der Waals surface area contributed by atoms with Crippen molar-refractivity contribution in [1.29, 1.82) is 0 Å². The van der Waals surface area contributed by atoms with E-state index in [9.17, 15) is 58.9 Å². The van der Waals surface area contributed by atoms with Gasteiger partial charge in [-0.05, 0) is 83.5 Å². The molecule has 0 aromatic heterocycles. The Morgan fingerprint density at radius 3 is 1.61 bits per heavy atom. The molecule has 1 rings (SSSR count). The Morgan fingerprint density at radius 2 is 1.04 bits per heavy atom. The van der Waals surface area contributed by atoms with Gasteiger partial charge in [-0.1, -0.05) is 150 Å². The maximum absolute atomic E-state index is 13.0. The first-order valence-corrected chi connectivity index (χ1v) is 27.9. The minimum Gasteiger partial charge on any atom is -0.462 e. The molecule has 0 bridgehead atoms. The summed E-state index contributed by atoms with van der Waals surface area (Å²) in [5.74, 6) is -1.45. The van der Waals surface area contributed by atoms with Crippen molar-refractivity contribution in [2.75, 3.05) is 13.2 Å². The van der Waals surface area contributed by atoms with Crippen molar-refractivity contribution in [2.45, 2.75) is 198 Å². The summed E-state index contributed by atoms with van der Waals surface area (Å²) in [5, 5.41) is 51.7. The molecule has 0 radical (unpaired) electrons. The number of carbonyl (C=O) groups excluding carboxylic acids is 2. The van der Waals surface area contributed by atoms with Crippen molar-refractivity contribution in [1.82, 2.24) is 0 Å². The topological polar surface area (TPSA) is 276 Å². The molecule has 19 heteroatoms. The van der Waals surface area contributed by atoms with Crippen LogP contribution in [0.1, 0.15) is 149 Å². The van der Waals surface area contributed by atoms with Crippen LogP contribution in [0.15, 0.2) is 97.2 Å². The van der Waals surface area contributed by atoms with Crippen LogP contribution in [0, 0.1) is 0 Å². The monoisotopic (exact) mass is 1030 g/mol. The van der Waals surface area contributed by atoms with Gasteiger partial charge in [0.25, 0.3) is 0 Å². The van der Waals surface area contributed by atoms with Crippen LogP contribution < -0.4 is 0 Å². The van der Waals surface area contributed by atoms with Crippen LogP contribution in [-0.2, 0) is 41.8 Å². The minimum atomic E-state index is -5.40. The van der Waals surface area contributed by atoms with Crippen molar-refractivity contribution in [3.05, 3.63) is 97.2 Å². The highest BCUT2D eigenvalue weighted by Gasteiger charge is 2.54. The van der Waals surface area contributed by atoms with Crippen LogP contribution in [-0.4, -0.2) is 114 Å². The predicted octanol–water partition coefficient (Wildman–Crippen LogP) is 8.92. The molecular formula is C51H84O17P2. The SMILES string of the molecule is CC/C=C\C/C=C\C/C=C\C/C=C\C/C=C\CCCCCC(=O)OC[C@H](COP(=O)(O)O[C@H]1C(O)C(O)C(O)[C@@H](OP(=O)(O)O)C1O)OC(=O)CCCC(O)/C=C/C=C/C/C=C/CCCCCCCC. The van der Waals surface area contributed by atoms with Gasteiger partial charge in [-0.15, -0.1) is 0 Å². The lowest BCUT2D eigenvalue weighted by atomic mass is 9.85. The number of phosphoric acid groups is 2. The van der Waals surface area contributed by atoms with E-state index >= 15 is 0 Å². The summed E-state index contributed by atoms with van der Waals surface area (Å²) in [6, 6.07) is 0. The second kappa shape index (κ2) is 40.4. The molecule has 70 heavy (non-hydrogen) atoms. The Hall–Kier alpha value is -3.12. The van der Waals surface area contributed by atoms with Gasteiger partial charge in [0.05, 0.1) is 12.7 Å². The third kappa shape index (κ3) is 34.3. The molecule has 9 atom stereocenters. The minimum absolute atomic E-state index is 0.0365. The fourth-order valence-electron chi connectivity index (χ4n) is 6.88. The number of allylic oxidation sites excluding steroid dienone is 15. The maximum Gasteiger partial charge on any atom is 0.472 e. The van der Waals surface area contributed by atoms with E-state index in [2.05, 4.69) is 91.3 Å². The van der Waals surface area contributed by atoms with Crippen LogP contribution in [0.2, 0.25) is 0 Å². The average molecular weight is 1030 g/mol. The predicted molar refractivity (Wildman–Crippen MR) is 270 cm³/mol. The number of rotatable bonds is 40. The first-order chi connectivity index (χ1) is 33.5. The van der Waals surface area contributed by atoms with Crippen LogP contribution in [0.25, 0.3) is 0 Å². The van der Waals surface area contributed by atoms with Crippen molar-refractivity contribution in [2.24, 2.45) is 0 Å². The van der Waals surface area contributed by atoms with Gasteiger partial charge in [0, 0.05) is 12.8 Å². The van der Waals surface area contributed by atoms with Gasteiger partial charge in [-0.3, -0.25) is 23.2 Å². The van der Waals surface area contributed by atoms with Crippen LogP contribution in [0.3, 0.4) is 0 Å². The molecule has 1 saturated carbocycles. The van der Waals surface area contributed by atoms with E-state index in [4.69, 9.17) is 18.5 Å². The summed E-state index contributed by atoms with van der Waals surface area (Å²) >= 11 is 0. The van der Waals surface area contributed by atoms with Crippen LogP contribution >= 0.6 is 15.6 Å². The summed E-state index contributed by atoms with van der Waals surface area (Å²) < 4.78 is 49.3. The van der Waals surface area contributed by atoms with E-state index in [0.29, 0.717) is 6.42 Å². The van der Waals surface area contributed by atoms with E-state index in [0.717, 1.165) is 64.2 Å². The Labute approximate surface area is 416 Å². The lowest BCUT2D eigenvalue weighted by Gasteiger charge is -2.43. The maximum atomic E-state index is 13.0. The van der Waals surface area contributed by atoms with Gasteiger partial charge < -0.3 is 49.7 Å². The highest BCUT2D eigenvalue weighted by atomic mass is 31.2. The van der Waals surface area contributed by atoms with Crippen molar-refractivity contribution in [3.63, 3.8) is 0 Å². The van der Waals surface area contributed by atoms with E-state index in [1.807, 2.05) is 12.2 Å². The van der Waals surface area contributed by atoms with Crippen molar-refractivity contribution >= 4 is 27.6 Å². The van der Waals surface area contributed by atoms with E-state index in [1.54, 1.807) is 12.2 Å². The Bertz CT molecular complexity index is 1730. The average Bonchev–Trinajstić information content (AvgIpc) is 3.31. The number of aliphatic hydroxyl groups excluding tert-OH is 5. The fourth-order valence-corrected chi connectivity index (χ4v) is 8.42. The molecule has 1 aliphatic carbocycles. The Kier molecular flexibility index (Phi) is 37.4. The number of carbonyl (C=O) groups is 2. The smallest absolute Gasteiger partial charge is 0.462 e. The largest absolute Gasteiger partial charge is 0.472 e. The van der Waals surface area contributed by atoms with E-state index in [-0.39, 0.29) is 25.7 Å². The Balaban J connectivity index is 2.68. The van der Waals surface area contributed by atoms with Crippen molar-refractivity contribution < 1.29 is 82.0 Å². The molecule has 17 nitrogen and oxygen atoms in total. The molecule has 0 aliphatic heterocycles. The molecule has 1 aliphatic rings. The van der Waals surface area contributed by atoms with Gasteiger partial charge in [0.1, 0.15) is 43.2 Å². The zero-order valence-electron chi connectivity index (χ0n) is 41.3. The van der Waals surface area contributed by atoms with Crippen LogP contribution in [0.4, 0.5) is 0 Å². The number of hydrogen-bond acceptors (Lipinski definition) is 14. The number of esters is 2. The lowest BCUT2D eigenvalue weighted by molar-refractivity contribution is -0.216. The summed E-state index contributed by atoms with van der Waals surface area (Å²) in [4.78, 5) is 54.4. The van der Waals surface area contributed by atoms with E-state index in [1.165, 1.54) is 38.5 Å². The number of hydrogen-bond donors (Lipinski definition) is 8. The zero-order chi connectivity index (χ0) is 51.9. The summed E-state index contributed by atoms with van der Waals surface area (Å²) in [5.41, 5.74) is 0. The number of phosphoric ester groups is 2. The van der Waals surface area contributed by atoms with Crippen LogP contribution in [0.5, 0.6) is 0 Å². The second-order valence-electron chi connectivity index (χ2n) is 17.0. The second-order valence-corrected chi connectivity index (χ2v) is 19.6. The molecule has 400 valence electrons. The molecule has 0 spiro atoms. The molecule has 8 N–H and O–H groups in total. The summed E-state index contributed by atoms with van der Waals surface area (Å²) in [7, 11) is -10.8. The molecule has 0 aromatic rings. The summed E-state index contributed by atoms with van der Waals surface area (Å²) in [6.07, 6.45) is 33.7. The third-order valence-electron chi connectivity index (χ3n) is 10.7. The molecule has 0 heterocycles. The van der Waals surface area contributed by atoms with Crippen molar-refractivity contribution in [3.8, 4) is 0 Å². The number of aliphatic hydroxyl groups is 5. The molecule has 1 fully saturated rings. The first kappa shape index (κ1) is 64.9. The van der Waals surface area contributed by atoms with Gasteiger partial charge in [-0.25, -0.2) is 9.13 Å². The standard InChI is InChI=1S/C51H84O17P2/c1-3-5-7-9-11-13-15-17-18-19-20-21-22-24-26-28-30-32-34-38-44(53)64-40-43(41-65-70(62,63)68-51-48(57)46(55)47(56)50(49(51)58)67-69(59,60)61)66-45(54)39-35-37-42(52)36-33-31-29-27-25-23-16-14-12-10-8-6-4-2/h5,7,11,13,17-18,20-21,23-26,29,31,33,36,42-43,46-52,55-58H,3-4,6,8-10,12,14-16,19,22,27-28,30,32,34-35,37-41H2,1-2H3,(H,62,63)(H2,59,60,61)/b7-5-,13-11-,18-17-,21-20-,25-23+,26-24-,31-29+,36-33+/t42?,43-,46?,47?,48?,49?,50-,51+/m1/s1. The van der Waals surface area contributed by atoms with Gasteiger partial charge in [0.2, 0.25) is 0 Å². The zero-order valence-corrected chi connectivity index (χ0v) is 43.1. The number of unbranched alkanes of at least 4 members (excludes halogenated alkanes) is 9. The number of ether oxygens (including phenoxy) is 2. The third-order valence-corrected chi connectivity index (χ3v) is 12.2. The lowest BCUT2D eigenvalue weighted by Crippen LogP contribution is -2.64. The highest BCUT2D eigenvalue weighted by molar-refractivity contribution is 7.47. The summed E-state index contributed by atoms with van der Waals surface area (Å²) in [6.45, 7) is 2.80. The van der Waals surface area contributed by atoms with Gasteiger partial charge in [0.15, 0.2) is 6.10 Å². The molecular weight excluding hydrogens is 946 g/mol. The quantitative estimate of drug-likeness (QED) is 0.00935. The van der Waals surface area contributed by atoms with Gasteiger partial charge in [-0.2, -0.15) is 0 Å². The normalized spacial score (nSPS) is 22.3. The molecule has 0 amide bonds. The molecule has 0 saturated heterocycles. The fraction of sp³-hybridized carbons (Fsp3) is 0.647. The molecule has 0 aromatic carbocycles. The van der Waals surface area contributed by atoms with Gasteiger partial charge >= 0.3 is 27.6 Å². The highest BCUT2D eigenvalue weighted by Crippen LogP contribution is 2.49. The van der Waals surface area contributed by atoms with E-state index < -0.39 is 89.6 Å². The first-order valence-electron chi connectivity index (χ1n) is 24.9.